The van der Waals surface area contributed by atoms with Gasteiger partial charge in [-0.05, 0) is 63.1 Å². The Morgan fingerprint density at radius 3 is 2.52 bits per heavy atom. The quantitative estimate of drug-likeness (QED) is 0.615. The summed E-state index contributed by atoms with van der Waals surface area (Å²) in [7, 11) is 0. The first-order chi connectivity index (χ1) is 15.1. The molecule has 0 bridgehead atoms. The fraction of sp³-hybridized carbons (Fsp3) is 0.375. The summed E-state index contributed by atoms with van der Waals surface area (Å²) in [4.78, 5) is 2.43. The maximum absolute atomic E-state index is 6.02. The Hall–Kier alpha value is -2.70. The van der Waals surface area contributed by atoms with Crippen LogP contribution in [0.25, 0.3) is 5.69 Å². The van der Waals surface area contributed by atoms with Gasteiger partial charge in [0.25, 0.3) is 0 Å². The van der Waals surface area contributed by atoms with E-state index in [0.717, 1.165) is 53.8 Å². The second-order valence-electron chi connectivity index (χ2n) is 8.26. The number of hydrogen-bond acceptors (Lipinski definition) is 5. The molecule has 2 aliphatic heterocycles. The molecule has 5 rings (SSSR count). The maximum atomic E-state index is 6.02. The monoisotopic (exact) mass is 438 g/mol. The average Bonchev–Trinajstić information content (AvgIpc) is 3.41. The Bertz CT molecular complexity index is 1060. The number of benzene rings is 2. The Kier molecular flexibility index (Phi) is 5.50. The number of aromatic nitrogens is 2. The first kappa shape index (κ1) is 20.2. The molecule has 31 heavy (non-hydrogen) atoms. The number of ether oxygens (including phenoxy) is 2. The molecule has 1 N–H and O–H groups in total. The molecule has 0 radical (unpaired) electrons. The fourth-order valence-electron chi connectivity index (χ4n) is 4.52. The topological polar surface area (TPSA) is 51.6 Å². The summed E-state index contributed by atoms with van der Waals surface area (Å²) < 4.78 is 12.9. The molecule has 0 amide bonds. The molecule has 0 spiro atoms. The Morgan fingerprint density at radius 2 is 1.74 bits per heavy atom. The van der Waals surface area contributed by atoms with Crippen molar-refractivity contribution in [3.05, 3.63) is 64.9 Å². The zero-order valence-electron chi connectivity index (χ0n) is 17.8. The summed E-state index contributed by atoms with van der Waals surface area (Å²) in [5, 5.41) is 9.16. The minimum absolute atomic E-state index is 0.239. The maximum Gasteiger partial charge on any atom is 0.231 e. The van der Waals surface area contributed by atoms with Crippen molar-refractivity contribution in [3.8, 4) is 17.2 Å². The van der Waals surface area contributed by atoms with Gasteiger partial charge in [0, 0.05) is 53.2 Å². The summed E-state index contributed by atoms with van der Waals surface area (Å²) in [6.07, 6.45) is 4.18. The summed E-state index contributed by atoms with van der Waals surface area (Å²) in [5.41, 5.74) is 4.61. The Balaban J connectivity index is 1.20. The van der Waals surface area contributed by atoms with E-state index in [1.807, 2.05) is 41.2 Å². The predicted octanol–water partition coefficient (Wildman–Crippen LogP) is 4.88. The van der Waals surface area contributed by atoms with E-state index >= 15 is 0 Å². The molecule has 162 valence electrons. The molecule has 1 unspecified atom stereocenters. The number of nitrogens with zero attached hydrogens (tertiary/aromatic N) is 3. The lowest BCUT2D eigenvalue weighted by Gasteiger charge is -2.35. The Labute approximate surface area is 187 Å². The van der Waals surface area contributed by atoms with Gasteiger partial charge in [-0.3, -0.25) is 0 Å². The highest BCUT2D eigenvalue weighted by molar-refractivity contribution is 6.30. The van der Waals surface area contributed by atoms with E-state index in [4.69, 9.17) is 21.1 Å². The van der Waals surface area contributed by atoms with E-state index in [-0.39, 0.29) is 6.04 Å². The SMILES string of the molecule is Cc1c(C(C)NC2CCN(c3ccc4c(c3)OCO4)CC2)cnn1-c1ccc(Cl)cc1. The molecule has 3 aromatic rings. The molecule has 1 fully saturated rings. The van der Waals surface area contributed by atoms with Gasteiger partial charge in [0.15, 0.2) is 11.5 Å². The molecule has 3 heterocycles. The van der Waals surface area contributed by atoms with Crippen LogP contribution in [-0.2, 0) is 0 Å². The largest absolute Gasteiger partial charge is 0.454 e. The van der Waals surface area contributed by atoms with Gasteiger partial charge < -0.3 is 19.7 Å². The number of nitrogens with one attached hydrogen (secondary N) is 1. The van der Waals surface area contributed by atoms with Crippen molar-refractivity contribution in [1.82, 2.24) is 15.1 Å². The van der Waals surface area contributed by atoms with Crippen LogP contribution in [-0.4, -0.2) is 35.7 Å². The lowest BCUT2D eigenvalue weighted by atomic mass is 10.0. The lowest BCUT2D eigenvalue weighted by molar-refractivity contribution is 0.174. The van der Waals surface area contributed by atoms with Crippen LogP contribution in [0, 0.1) is 6.92 Å². The molecule has 1 aromatic heterocycles. The van der Waals surface area contributed by atoms with Crippen LogP contribution >= 0.6 is 11.6 Å². The normalized spacial score (nSPS) is 17.2. The highest BCUT2D eigenvalue weighted by atomic mass is 35.5. The smallest absolute Gasteiger partial charge is 0.231 e. The van der Waals surface area contributed by atoms with Crippen LogP contribution in [0.2, 0.25) is 5.02 Å². The van der Waals surface area contributed by atoms with Gasteiger partial charge >= 0.3 is 0 Å². The fourth-order valence-corrected chi connectivity index (χ4v) is 4.65. The van der Waals surface area contributed by atoms with E-state index in [0.29, 0.717) is 12.8 Å². The van der Waals surface area contributed by atoms with Gasteiger partial charge in [0.1, 0.15) is 0 Å². The lowest BCUT2D eigenvalue weighted by Crippen LogP contribution is -2.43. The van der Waals surface area contributed by atoms with Crippen LogP contribution in [0.5, 0.6) is 11.5 Å². The summed E-state index contributed by atoms with van der Waals surface area (Å²) in [6.45, 7) is 6.70. The summed E-state index contributed by atoms with van der Waals surface area (Å²) >= 11 is 6.02. The molecule has 7 heteroatoms. The van der Waals surface area contributed by atoms with Crippen molar-refractivity contribution >= 4 is 17.3 Å². The molecule has 0 saturated carbocycles. The molecule has 1 saturated heterocycles. The third-order valence-electron chi connectivity index (χ3n) is 6.29. The van der Waals surface area contributed by atoms with Crippen molar-refractivity contribution < 1.29 is 9.47 Å². The summed E-state index contributed by atoms with van der Waals surface area (Å²) in [6, 6.07) is 14.7. The first-order valence-electron chi connectivity index (χ1n) is 10.8. The van der Waals surface area contributed by atoms with Crippen molar-refractivity contribution in [1.29, 1.82) is 0 Å². The van der Waals surface area contributed by atoms with Crippen LogP contribution in [0.4, 0.5) is 5.69 Å². The standard InChI is InChI=1S/C24H27ClN4O2/c1-16(22-14-26-29(17(22)2)20-5-3-18(25)4-6-20)27-19-9-11-28(12-10-19)21-7-8-23-24(13-21)31-15-30-23/h3-8,13-14,16,19,27H,9-12,15H2,1-2H3. The minimum atomic E-state index is 0.239. The van der Waals surface area contributed by atoms with Crippen LogP contribution in [0.15, 0.2) is 48.7 Å². The Morgan fingerprint density at radius 1 is 1.03 bits per heavy atom. The third-order valence-corrected chi connectivity index (χ3v) is 6.54. The van der Waals surface area contributed by atoms with Gasteiger partial charge in [-0.25, -0.2) is 4.68 Å². The molecular weight excluding hydrogens is 412 g/mol. The van der Waals surface area contributed by atoms with E-state index in [1.165, 1.54) is 11.3 Å². The second-order valence-corrected chi connectivity index (χ2v) is 8.70. The predicted molar refractivity (Wildman–Crippen MR) is 123 cm³/mol. The van der Waals surface area contributed by atoms with E-state index < -0.39 is 0 Å². The molecule has 1 atom stereocenters. The van der Waals surface area contributed by atoms with Crippen LogP contribution in [0.1, 0.15) is 37.1 Å². The minimum Gasteiger partial charge on any atom is -0.454 e. The van der Waals surface area contributed by atoms with Gasteiger partial charge in [0.05, 0.1) is 11.9 Å². The number of anilines is 1. The highest BCUT2D eigenvalue weighted by Crippen LogP contribution is 2.36. The average molecular weight is 439 g/mol. The van der Waals surface area contributed by atoms with Gasteiger partial charge in [-0.1, -0.05) is 11.6 Å². The van der Waals surface area contributed by atoms with Crippen molar-refractivity contribution in [2.24, 2.45) is 0 Å². The van der Waals surface area contributed by atoms with Crippen molar-refractivity contribution in [2.75, 3.05) is 24.8 Å². The molecule has 2 aromatic carbocycles. The zero-order valence-corrected chi connectivity index (χ0v) is 18.6. The number of rotatable bonds is 5. The molecule has 6 nitrogen and oxygen atoms in total. The van der Waals surface area contributed by atoms with E-state index in [1.54, 1.807) is 0 Å². The van der Waals surface area contributed by atoms with E-state index in [2.05, 4.69) is 41.3 Å². The van der Waals surface area contributed by atoms with Crippen LogP contribution in [0.3, 0.4) is 0 Å². The number of halogens is 1. The number of fused-ring (bicyclic) bond motifs is 1. The highest BCUT2D eigenvalue weighted by Gasteiger charge is 2.24. The number of hydrogen-bond donors (Lipinski definition) is 1. The van der Waals surface area contributed by atoms with Crippen LogP contribution < -0.4 is 19.7 Å². The molecular formula is C24H27ClN4O2. The van der Waals surface area contributed by atoms with Crippen molar-refractivity contribution in [3.63, 3.8) is 0 Å². The summed E-state index contributed by atoms with van der Waals surface area (Å²) in [5.74, 6) is 1.68. The number of piperidine rings is 1. The first-order valence-corrected chi connectivity index (χ1v) is 11.2. The molecule has 2 aliphatic rings. The zero-order chi connectivity index (χ0) is 21.4. The van der Waals surface area contributed by atoms with Crippen molar-refractivity contribution in [2.45, 2.75) is 38.8 Å². The molecule has 0 aliphatic carbocycles. The van der Waals surface area contributed by atoms with Gasteiger partial charge in [-0.15, -0.1) is 0 Å². The van der Waals surface area contributed by atoms with Gasteiger partial charge in [-0.2, -0.15) is 5.10 Å². The third kappa shape index (κ3) is 4.10. The van der Waals surface area contributed by atoms with Gasteiger partial charge in [0.2, 0.25) is 6.79 Å². The second kappa shape index (κ2) is 8.44. The van der Waals surface area contributed by atoms with E-state index in [9.17, 15) is 0 Å².